The smallest absolute Gasteiger partial charge is 0.462 e. The second-order valence-corrected chi connectivity index (χ2v) is 21.2. The lowest BCUT2D eigenvalue weighted by Crippen LogP contribution is -2.36. The third-order valence-electron chi connectivity index (χ3n) is 11.6. The Kier molecular flexibility index (Phi) is 36.7. The van der Waals surface area contributed by atoms with E-state index in [4.69, 9.17) is 29.0 Å². The fourth-order valence-electron chi connectivity index (χ4n) is 7.42. The van der Waals surface area contributed by atoms with Crippen LogP contribution in [0.3, 0.4) is 0 Å². The molecule has 0 bridgehead atoms. The van der Waals surface area contributed by atoms with E-state index >= 15 is 0 Å². The monoisotopic (exact) mass is 1100 g/mol. The van der Waals surface area contributed by atoms with Crippen molar-refractivity contribution < 1.29 is 71.4 Å². The van der Waals surface area contributed by atoms with Gasteiger partial charge in [0.2, 0.25) is 0 Å². The van der Waals surface area contributed by atoms with Crippen molar-refractivity contribution in [3.63, 3.8) is 0 Å². The van der Waals surface area contributed by atoms with Crippen LogP contribution in [-0.4, -0.2) is 96.9 Å². The van der Waals surface area contributed by atoms with Crippen LogP contribution in [0.4, 0.5) is 5.82 Å². The van der Waals surface area contributed by atoms with Crippen LogP contribution in [0, 0.1) is 0 Å². The molecule has 3 unspecified atom stereocenters. The molecule has 1 fully saturated rings. The van der Waals surface area contributed by atoms with Crippen molar-refractivity contribution in [2.75, 3.05) is 25.6 Å². The maximum atomic E-state index is 12.9. The molecule has 21 heteroatoms. The summed E-state index contributed by atoms with van der Waals surface area (Å²) in [5.41, 5.74) is 4.58. The topological polar surface area (TPSA) is 286 Å². The first-order valence-electron chi connectivity index (χ1n) is 26.7. The number of hydrogen-bond donors (Lipinski definition) is 6. The first-order valence-corrected chi connectivity index (χ1v) is 29.7. The van der Waals surface area contributed by atoms with Crippen LogP contribution >= 0.6 is 15.6 Å². The molecule has 1 aromatic heterocycles. The molecule has 0 radical (unpaired) electrons. The van der Waals surface area contributed by atoms with Crippen molar-refractivity contribution >= 4 is 33.4 Å². The molecule has 1 aliphatic heterocycles. The van der Waals surface area contributed by atoms with E-state index in [9.17, 15) is 48.6 Å². The summed E-state index contributed by atoms with van der Waals surface area (Å²) in [5.74, 6) is -1.50. The molecule has 1 saturated heterocycles. The second kappa shape index (κ2) is 41.1. The van der Waals surface area contributed by atoms with E-state index in [2.05, 4.69) is 71.8 Å². The fourth-order valence-corrected chi connectivity index (χ4v) is 9.53. The fraction of sp³-hybridized carbons (Fsp3) is 0.630. The average molecular weight is 1100 g/mol. The maximum absolute atomic E-state index is 12.9. The number of hydrogen-bond acceptors (Lipinski definition) is 16. The summed E-state index contributed by atoms with van der Waals surface area (Å²) in [6, 6.07) is 1.24. The number of phosphoric acid groups is 2. The van der Waals surface area contributed by atoms with Gasteiger partial charge in [-0.2, -0.15) is 9.29 Å². The Morgan fingerprint density at radius 2 is 1.31 bits per heavy atom. The molecule has 2 heterocycles. The Morgan fingerprint density at radius 3 is 1.95 bits per heavy atom. The molecule has 0 saturated carbocycles. The number of esters is 2. The predicted molar refractivity (Wildman–Crippen MR) is 290 cm³/mol. The number of nitrogens with zero attached hydrogens (tertiary/aromatic N) is 2. The molecule has 19 nitrogen and oxygen atoms in total. The number of nitrogen functional groups attached to an aromatic ring is 1. The predicted octanol–water partition coefficient (Wildman–Crippen LogP) is 10.4. The zero-order valence-corrected chi connectivity index (χ0v) is 46.0. The van der Waals surface area contributed by atoms with Gasteiger partial charge in [-0.15, -0.1) is 0 Å². The van der Waals surface area contributed by atoms with Crippen molar-refractivity contribution in [3.8, 4) is 0 Å². The second-order valence-electron chi connectivity index (χ2n) is 18.2. The first-order chi connectivity index (χ1) is 36.1. The van der Waals surface area contributed by atoms with E-state index in [0.29, 0.717) is 12.8 Å². The van der Waals surface area contributed by atoms with Crippen LogP contribution in [0.5, 0.6) is 0 Å². The van der Waals surface area contributed by atoms with E-state index in [-0.39, 0.29) is 25.1 Å². The number of aromatic nitrogens is 2. The summed E-state index contributed by atoms with van der Waals surface area (Å²) in [5, 5.41) is 31.2. The highest BCUT2D eigenvalue weighted by Gasteiger charge is 2.46. The molecule has 75 heavy (non-hydrogen) atoms. The summed E-state index contributed by atoms with van der Waals surface area (Å²) < 4.78 is 56.7. The molecule has 1 aliphatic rings. The maximum Gasteiger partial charge on any atom is 0.481 e. The molecular weight excluding hydrogens is 1010 g/mol. The molecule has 0 spiro atoms. The number of carbonyl (C=O) groups is 2. The van der Waals surface area contributed by atoms with Gasteiger partial charge in [-0.25, -0.2) is 13.9 Å². The van der Waals surface area contributed by atoms with Crippen LogP contribution < -0.4 is 11.4 Å². The minimum Gasteiger partial charge on any atom is -0.462 e. The van der Waals surface area contributed by atoms with E-state index in [1.165, 1.54) is 44.6 Å². The molecule has 0 amide bonds. The minimum atomic E-state index is -5.47. The Balaban J connectivity index is 1.84. The molecule has 424 valence electrons. The summed E-state index contributed by atoms with van der Waals surface area (Å²) in [4.78, 5) is 62.0. The van der Waals surface area contributed by atoms with Crippen molar-refractivity contribution in [2.24, 2.45) is 0 Å². The summed E-state index contributed by atoms with van der Waals surface area (Å²) >= 11 is 0. The number of nitrogens with two attached hydrogens (primary N) is 1. The number of aliphatic hydroxyl groups is 3. The van der Waals surface area contributed by atoms with Gasteiger partial charge >= 0.3 is 33.3 Å². The number of rotatable bonds is 43. The van der Waals surface area contributed by atoms with Gasteiger partial charge in [0.1, 0.15) is 30.7 Å². The van der Waals surface area contributed by atoms with Crippen molar-refractivity contribution in [3.05, 3.63) is 108 Å². The molecule has 7 N–H and O–H groups in total. The van der Waals surface area contributed by atoms with E-state index in [1.807, 2.05) is 12.2 Å². The Hall–Kier alpha value is -4.10. The van der Waals surface area contributed by atoms with Gasteiger partial charge in [-0.3, -0.25) is 23.2 Å². The van der Waals surface area contributed by atoms with Crippen molar-refractivity contribution in [1.82, 2.24) is 9.55 Å². The quantitative estimate of drug-likeness (QED) is 0.0116. The standard InChI is InChI=1S/C54H87N3O16P2/c1-3-5-7-9-11-13-15-17-18-19-20-22-24-26-28-30-34-39-50(60)71-46(42-68-49(59)38-35-31-33-37-45(58)36-32-29-27-25-23-21-16-14-12-10-8-6-4-2)43-69-74(64,65)73-75(66,67)70-44-47-51(61)52(62)53(72-47)57-41-40-48(55)56-54(57)63/h6,8,12,14,17-18,21,23,27,29,31-33,36,40-41,45-47,51-53,58,61-62H,3-5,7,9-11,13,15-16,19-20,22,24-26,28,30,34-35,37-39,42-44H2,1-2H3,(H,64,65)(H,66,67)(H2,55,56,63)/b8-6-,14-12-,18-17-,23-21-,29-27-,33-31-,36-32-/t45?,46-,47-,51-,52-,53-/m1/s1. The van der Waals surface area contributed by atoms with Gasteiger partial charge in [0.05, 0.1) is 19.3 Å². The molecule has 1 aromatic rings. The lowest BCUT2D eigenvalue weighted by molar-refractivity contribution is -0.161. The normalized spacial score (nSPS) is 19.9. The summed E-state index contributed by atoms with van der Waals surface area (Å²) in [6.45, 7) is 1.87. The van der Waals surface area contributed by atoms with E-state index in [1.54, 1.807) is 24.3 Å². The molecule has 0 aliphatic carbocycles. The van der Waals surface area contributed by atoms with Gasteiger partial charge in [-0.1, -0.05) is 163 Å². The zero-order chi connectivity index (χ0) is 55.0. The first kappa shape index (κ1) is 67.0. The number of carbonyl (C=O) groups excluding carboxylic acids is 2. The Bertz CT molecular complexity index is 2110. The lowest BCUT2D eigenvalue weighted by atomic mass is 10.1. The summed E-state index contributed by atoms with van der Waals surface area (Å²) in [7, 11) is -10.9. The summed E-state index contributed by atoms with van der Waals surface area (Å²) in [6.07, 6.45) is 41.1. The van der Waals surface area contributed by atoms with Gasteiger partial charge in [0.25, 0.3) is 0 Å². The van der Waals surface area contributed by atoms with E-state index in [0.717, 1.165) is 87.8 Å². The third-order valence-corrected chi connectivity index (χ3v) is 14.2. The number of allylic oxidation sites excluding steroid dienone is 12. The SMILES string of the molecule is CC/C=C\C/C=C\C/C=C\C/C=C\C=C/C(O)C/C=C\CCC(=O)OC[C@H](COP(=O)(O)OP(=O)(O)OC[C@H]1O[C@@H](n2ccc(N)nc2=O)[C@H](O)[C@@H]1O)OC(=O)CCCCCCCCC/C=C\CCCCCCCC. The van der Waals surface area contributed by atoms with Crippen molar-refractivity contribution in [1.29, 1.82) is 0 Å². The molecular formula is C54H87N3O16P2. The lowest BCUT2D eigenvalue weighted by Gasteiger charge is -2.21. The van der Waals surface area contributed by atoms with Crippen LogP contribution in [-0.2, 0) is 46.3 Å². The number of phosphoric ester groups is 2. The highest BCUT2D eigenvalue weighted by molar-refractivity contribution is 7.61. The highest BCUT2D eigenvalue weighted by atomic mass is 31.3. The Labute approximate surface area is 444 Å². The van der Waals surface area contributed by atoms with E-state index < -0.39 is 89.8 Å². The number of anilines is 1. The molecule has 2 rings (SSSR count). The van der Waals surface area contributed by atoms with Gasteiger partial charge in [0.15, 0.2) is 12.3 Å². The van der Waals surface area contributed by atoms with Gasteiger partial charge in [-0.05, 0) is 76.7 Å². The van der Waals surface area contributed by atoms with Crippen molar-refractivity contribution in [2.45, 2.75) is 198 Å². The largest absolute Gasteiger partial charge is 0.481 e. The number of aliphatic hydroxyl groups excluding tert-OH is 3. The van der Waals surface area contributed by atoms with Crippen LogP contribution in [0.15, 0.2) is 102 Å². The van der Waals surface area contributed by atoms with Crippen LogP contribution in [0.25, 0.3) is 0 Å². The zero-order valence-electron chi connectivity index (χ0n) is 44.2. The highest BCUT2D eigenvalue weighted by Crippen LogP contribution is 2.60. The minimum absolute atomic E-state index is 0.00418. The van der Waals surface area contributed by atoms with Crippen LogP contribution in [0.1, 0.15) is 168 Å². The number of ether oxygens (including phenoxy) is 3. The molecule has 0 aromatic carbocycles. The van der Waals surface area contributed by atoms with Gasteiger partial charge < -0.3 is 45.1 Å². The third kappa shape index (κ3) is 33.6. The molecule has 8 atom stereocenters. The Morgan fingerprint density at radius 1 is 0.720 bits per heavy atom. The van der Waals surface area contributed by atoms with Crippen LogP contribution in [0.2, 0.25) is 0 Å². The van der Waals surface area contributed by atoms with Gasteiger partial charge in [0, 0.05) is 19.0 Å². The number of unbranched alkanes of at least 4 members (excludes halogenated alkanes) is 13. The average Bonchev–Trinajstić information content (AvgIpc) is 3.64.